The third-order valence-electron chi connectivity index (χ3n) is 4.26. The van der Waals surface area contributed by atoms with Crippen LogP contribution in [0.1, 0.15) is 24.2 Å². The molecule has 1 aliphatic heterocycles. The van der Waals surface area contributed by atoms with E-state index in [2.05, 4.69) is 10.6 Å². The molecule has 0 unspecified atom stereocenters. The van der Waals surface area contributed by atoms with Crippen LogP contribution in [0, 0.1) is 0 Å². The van der Waals surface area contributed by atoms with E-state index in [4.69, 9.17) is 9.47 Å². The lowest BCUT2D eigenvalue weighted by Crippen LogP contribution is -2.46. The topological polar surface area (TPSA) is 97.0 Å². The van der Waals surface area contributed by atoms with Gasteiger partial charge in [0, 0.05) is 17.3 Å². The van der Waals surface area contributed by atoms with Crippen LogP contribution in [0.3, 0.4) is 0 Å². The van der Waals surface area contributed by atoms with Gasteiger partial charge in [0.05, 0.1) is 12.8 Å². The fourth-order valence-electron chi connectivity index (χ4n) is 2.91. The zero-order chi connectivity index (χ0) is 21.0. The lowest BCUT2D eigenvalue weighted by molar-refractivity contribution is -0.125. The molecule has 8 heteroatoms. The molecule has 29 heavy (non-hydrogen) atoms. The number of carbonyl (C=O) groups excluding carboxylic acids is 3. The largest absolute Gasteiger partial charge is 0.497 e. The van der Waals surface area contributed by atoms with Gasteiger partial charge in [-0.2, -0.15) is 0 Å². The van der Waals surface area contributed by atoms with Gasteiger partial charge in [-0.05, 0) is 56.3 Å². The average Bonchev–Trinajstić information content (AvgIpc) is 2.69. The number of rotatable bonds is 6. The van der Waals surface area contributed by atoms with Gasteiger partial charge in [-0.15, -0.1) is 0 Å². The highest BCUT2D eigenvalue weighted by Gasteiger charge is 2.28. The third kappa shape index (κ3) is 4.84. The zero-order valence-electron chi connectivity index (χ0n) is 16.5. The summed E-state index contributed by atoms with van der Waals surface area (Å²) in [5, 5.41) is 5.55. The van der Waals surface area contributed by atoms with Crippen molar-refractivity contribution in [3.63, 3.8) is 0 Å². The molecule has 2 aromatic carbocycles. The Morgan fingerprint density at radius 1 is 1.17 bits per heavy atom. The molecule has 0 fully saturated rings. The minimum Gasteiger partial charge on any atom is -0.497 e. The predicted molar refractivity (Wildman–Crippen MR) is 109 cm³/mol. The number of fused-ring (bicyclic) bond motifs is 1. The molecule has 3 amide bonds. The average molecular weight is 397 g/mol. The maximum absolute atomic E-state index is 12.6. The molecular weight excluding hydrogens is 374 g/mol. The maximum Gasteiger partial charge on any atom is 0.265 e. The standard InChI is InChI=1S/C21H23N3O5/c1-13(2)22-19(25)11-24-17-10-14(4-9-18(17)29-12-20(24)26)21(27)23-15-5-7-16(28-3)8-6-15/h4-10,13H,11-12H2,1-3H3,(H,22,25)(H,23,27). The second-order valence-corrected chi connectivity index (χ2v) is 6.86. The van der Waals surface area contributed by atoms with Gasteiger partial charge < -0.3 is 20.1 Å². The quantitative estimate of drug-likeness (QED) is 0.779. The monoisotopic (exact) mass is 397 g/mol. The summed E-state index contributed by atoms with van der Waals surface area (Å²) in [7, 11) is 1.57. The Hall–Kier alpha value is -3.55. The molecule has 1 heterocycles. The van der Waals surface area contributed by atoms with Crippen LogP contribution in [0.15, 0.2) is 42.5 Å². The van der Waals surface area contributed by atoms with Crippen LogP contribution in [0.4, 0.5) is 11.4 Å². The number of carbonyl (C=O) groups is 3. The number of benzene rings is 2. The van der Waals surface area contributed by atoms with Crippen LogP contribution in [0.25, 0.3) is 0 Å². The molecule has 152 valence electrons. The first-order valence-corrected chi connectivity index (χ1v) is 9.19. The van der Waals surface area contributed by atoms with Gasteiger partial charge in [0.15, 0.2) is 6.61 Å². The van der Waals surface area contributed by atoms with Crippen molar-refractivity contribution in [2.75, 3.05) is 30.5 Å². The molecule has 2 N–H and O–H groups in total. The summed E-state index contributed by atoms with van der Waals surface area (Å²) in [6.07, 6.45) is 0. The summed E-state index contributed by atoms with van der Waals surface area (Å²) in [6.45, 7) is 3.39. The number of ether oxygens (including phenoxy) is 2. The van der Waals surface area contributed by atoms with Crippen LogP contribution >= 0.6 is 0 Å². The van der Waals surface area contributed by atoms with Crippen molar-refractivity contribution in [3.8, 4) is 11.5 Å². The second kappa shape index (κ2) is 8.64. The van der Waals surface area contributed by atoms with E-state index in [0.717, 1.165) is 0 Å². The summed E-state index contributed by atoms with van der Waals surface area (Å²) < 4.78 is 10.5. The van der Waals surface area contributed by atoms with Gasteiger partial charge in [0.1, 0.15) is 18.0 Å². The Kier molecular flexibility index (Phi) is 6.01. The van der Waals surface area contributed by atoms with Crippen LogP contribution in [0.5, 0.6) is 11.5 Å². The fourth-order valence-corrected chi connectivity index (χ4v) is 2.91. The second-order valence-electron chi connectivity index (χ2n) is 6.86. The number of nitrogens with zero attached hydrogens (tertiary/aromatic N) is 1. The van der Waals surface area contributed by atoms with E-state index in [1.165, 1.54) is 4.90 Å². The van der Waals surface area contributed by atoms with Crippen molar-refractivity contribution < 1.29 is 23.9 Å². The van der Waals surface area contributed by atoms with Gasteiger partial charge >= 0.3 is 0 Å². The summed E-state index contributed by atoms with van der Waals surface area (Å²) in [6, 6.07) is 11.7. The van der Waals surface area contributed by atoms with Gasteiger partial charge in [-0.3, -0.25) is 19.3 Å². The number of hydrogen-bond acceptors (Lipinski definition) is 5. The lowest BCUT2D eigenvalue weighted by Gasteiger charge is -2.29. The SMILES string of the molecule is COc1ccc(NC(=O)c2ccc3c(c2)N(CC(=O)NC(C)C)C(=O)CO3)cc1. The molecule has 1 aliphatic rings. The Morgan fingerprint density at radius 2 is 1.90 bits per heavy atom. The van der Waals surface area contributed by atoms with Crippen LogP contribution in [0.2, 0.25) is 0 Å². The Labute approximate surface area is 168 Å². The first-order chi connectivity index (χ1) is 13.9. The molecule has 0 atom stereocenters. The highest BCUT2D eigenvalue weighted by molar-refractivity contribution is 6.07. The highest BCUT2D eigenvalue weighted by atomic mass is 16.5. The van der Waals surface area contributed by atoms with Crippen molar-refractivity contribution in [1.29, 1.82) is 0 Å². The van der Waals surface area contributed by atoms with E-state index >= 15 is 0 Å². The van der Waals surface area contributed by atoms with Crippen LogP contribution < -0.4 is 25.0 Å². The molecular formula is C21H23N3O5. The summed E-state index contributed by atoms with van der Waals surface area (Å²) in [4.78, 5) is 38.5. The Bertz CT molecular complexity index is 924. The van der Waals surface area contributed by atoms with Crippen molar-refractivity contribution in [3.05, 3.63) is 48.0 Å². The van der Waals surface area contributed by atoms with E-state index in [1.54, 1.807) is 49.6 Å². The fraction of sp³-hybridized carbons (Fsp3) is 0.286. The molecule has 0 saturated carbocycles. The number of hydrogen-bond donors (Lipinski definition) is 2. The van der Waals surface area contributed by atoms with Crippen molar-refractivity contribution in [2.24, 2.45) is 0 Å². The predicted octanol–water partition coefficient (Wildman–Crippen LogP) is 2.20. The van der Waals surface area contributed by atoms with Crippen molar-refractivity contribution in [1.82, 2.24) is 5.32 Å². The van der Waals surface area contributed by atoms with Gasteiger partial charge in [0.25, 0.3) is 11.8 Å². The van der Waals surface area contributed by atoms with Crippen LogP contribution in [-0.4, -0.2) is 44.0 Å². The first kappa shape index (κ1) is 20.2. The molecule has 0 spiro atoms. The molecule has 2 aromatic rings. The van der Waals surface area contributed by atoms with Crippen molar-refractivity contribution in [2.45, 2.75) is 19.9 Å². The maximum atomic E-state index is 12.6. The molecule has 3 rings (SSSR count). The van der Waals surface area contributed by atoms with Gasteiger partial charge in [0.2, 0.25) is 5.91 Å². The zero-order valence-corrected chi connectivity index (χ0v) is 16.5. The van der Waals surface area contributed by atoms with E-state index in [9.17, 15) is 14.4 Å². The van der Waals surface area contributed by atoms with Crippen molar-refractivity contribution >= 4 is 29.1 Å². The normalized spacial score (nSPS) is 12.8. The number of methoxy groups -OCH3 is 1. The number of nitrogens with one attached hydrogen (secondary N) is 2. The number of anilines is 2. The lowest BCUT2D eigenvalue weighted by atomic mass is 10.1. The first-order valence-electron chi connectivity index (χ1n) is 9.19. The molecule has 0 bridgehead atoms. The van der Waals surface area contributed by atoms with Gasteiger partial charge in [-0.25, -0.2) is 0 Å². The molecule has 0 aromatic heterocycles. The van der Waals surface area contributed by atoms with E-state index in [0.29, 0.717) is 28.4 Å². The van der Waals surface area contributed by atoms with E-state index in [1.807, 2.05) is 13.8 Å². The Balaban J connectivity index is 1.80. The van der Waals surface area contributed by atoms with E-state index in [-0.39, 0.29) is 36.9 Å². The summed E-state index contributed by atoms with van der Waals surface area (Å²) >= 11 is 0. The van der Waals surface area contributed by atoms with Crippen LogP contribution in [-0.2, 0) is 9.59 Å². The minimum atomic E-state index is -0.345. The Morgan fingerprint density at radius 3 is 2.55 bits per heavy atom. The summed E-state index contributed by atoms with van der Waals surface area (Å²) in [5.74, 6) is 0.159. The molecule has 0 radical (unpaired) electrons. The number of amides is 3. The molecule has 0 aliphatic carbocycles. The van der Waals surface area contributed by atoms with Gasteiger partial charge in [-0.1, -0.05) is 0 Å². The summed E-state index contributed by atoms with van der Waals surface area (Å²) in [5.41, 5.74) is 1.34. The highest BCUT2D eigenvalue weighted by Crippen LogP contribution is 2.33. The van der Waals surface area contributed by atoms with E-state index < -0.39 is 0 Å². The molecule has 0 saturated heterocycles. The smallest absolute Gasteiger partial charge is 0.265 e. The molecule has 8 nitrogen and oxygen atoms in total. The third-order valence-corrected chi connectivity index (χ3v) is 4.26. The minimum absolute atomic E-state index is 0.0419.